The fourth-order valence-electron chi connectivity index (χ4n) is 3.97. The highest BCUT2D eigenvalue weighted by atomic mass is 35.5. The van der Waals surface area contributed by atoms with E-state index in [0.717, 1.165) is 40.8 Å². The number of aryl methyl sites for hydroxylation is 2. The molecule has 0 unspecified atom stereocenters. The molecule has 0 saturated carbocycles. The molecule has 164 valence electrons. The number of hydrogen-bond acceptors (Lipinski definition) is 3. The summed E-state index contributed by atoms with van der Waals surface area (Å²) in [5, 5.41) is 0.162. The summed E-state index contributed by atoms with van der Waals surface area (Å²) in [5.74, 6) is -0.327. The fraction of sp³-hybridized carbons (Fsp3) is 0.231. The molecule has 1 saturated heterocycles. The van der Waals surface area contributed by atoms with Gasteiger partial charge in [0.05, 0.1) is 10.6 Å². The van der Waals surface area contributed by atoms with E-state index in [2.05, 4.69) is 35.8 Å². The summed E-state index contributed by atoms with van der Waals surface area (Å²) in [7, 11) is 0. The van der Waals surface area contributed by atoms with Crippen molar-refractivity contribution in [3.8, 4) is 5.69 Å². The molecule has 0 aliphatic carbocycles. The zero-order valence-corrected chi connectivity index (χ0v) is 20.0. The number of thioether (sulfide) groups is 1. The van der Waals surface area contributed by atoms with E-state index in [1.165, 1.54) is 23.3 Å². The first-order valence-electron chi connectivity index (χ1n) is 10.7. The van der Waals surface area contributed by atoms with E-state index >= 15 is 0 Å². The van der Waals surface area contributed by atoms with Crippen LogP contribution in [0.1, 0.15) is 42.3 Å². The molecule has 6 heteroatoms. The van der Waals surface area contributed by atoms with Gasteiger partial charge in [0.15, 0.2) is 0 Å². The Kier molecular flexibility index (Phi) is 6.58. The Labute approximate surface area is 197 Å². The van der Waals surface area contributed by atoms with E-state index in [0.29, 0.717) is 15.6 Å². The number of anilines is 1. The third kappa shape index (κ3) is 4.41. The standard InChI is InChI=1S/C26H25ClN2O2S/c1-4-5-7-19-10-12-22(13-11-19)28-17(2)14-20(18(28)3)15-24-25(30)29(26(31)32-24)23-9-6-8-21(27)16-23/h6,8-16H,4-5,7H2,1-3H3/b24-15+. The molecule has 0 N–H and O–H groups in total. The first-order chi connectivity index (χ1) is 15.4. The molecule has 3 aromatic rings. The molecular formula is C26H25ClN2O2S. The highest BCUT2D eigenvalue weighted by Gasteiger charge is 2.36. The van der Waals surface area contributed by atoms with Crippen molar-refractivity contribution in [1.82, 2.24) is 4.57 Å². The minimum atomic E-state index is -0.327. The predicted molar refractivity (Wildman–Crippen MR) is 134 cm³/mol. The van der Waals surface area contributed by atoms with E-state index < -0.39 is 0 Å². The highest BCUT2D eigenvalue weighted by molar-refractivity contribution is 8.19. The first kappa shape index (κ1) is 22.4. The molecule has 0 bridgehead atoms. The minimum Gasteiger partial charge on any atom is -0.318 e. The molecule has 0 atom stereocenters. The molecule has 2 amide bonds. The average Bonchev–Trinajstić information content (AvgIpc) is 3.21. The Bertz CT molecular complexity index is 1210. The molecule has 2 aromatic carbocycles. The molecule has 1 aliphatic heterocycles. The number of hydrogen-bond donors (Lipinski definition) is 0. The number of nitrogens with zero attached hydrogens (tertiary/aromatic N) is 2. The molecular weight excluding hydrogens is 440 g/mol. The summed E-state index contributed by atoms with van der Waals surface area (Å²) < 4.78 is 2.18. The van der Waals surface area contributed by atoms with Crippen LogP contribution >= 0.6 is 23.4 Å². The van der Waals surface area contributed by atoms with Crippen LogP contribution in [0.5, 0.6) is 0 Å². The molecule has 32 heavy (non-hydrogen) atoms. The Balaban J connectivity index is 1.63. The maximum absolute atomic E-state index is 13.0. The second-order valence-electron chi connectivity index (χ2n) is 7.93. The highest BCUT2D eigenvalue weighted by Crippen LogP contribution is 2.37. The Morgan fingerprint density at radius 1 is 1.00 bits per heavy atom. The normalized spacial score (nSPS) is 15.2. The number of carbonyl (C=O) groups is 2. The summed E-state index contributed by atoms with van der Waals surface area (Å²) in [5.41, 5.74) is 5.94. The van der Waals surface area contributed by atoms with Gasteiger partial charge in [-0.2, -0.15) is 0 Å². The first-order valence-corrected chi connectivity index (χ1v) is 11.9. The van der Waals surface area contributed by atoms with Crippen LogP contribution in [0.3, 0.4) is 0 Å². The predicted octanol–water partition coefficient (Wildman–Crippen LogP) is 7.33. The van der Waals surface area contributed by atoms with Gasteiger partial charge in [0.25, 0.3) is 11.1 Å². The molecule has 1 aromatic heterocycles. The Morgan fingerprint density at radius 2 is 1.75 bits per heavy atom. The second kappa shape index (κ2) is 9.39. The van der Waals surface area contributed by atoms with E-state index in [1.807, 2.05) is 26.0 Å². The molecule has 2 heterocycles. The van der Waals surface area contributed by atoms with E-state index in [9.17, 15) is 9.59 Å². The molecule has 4 nitrogen and oxygen atoms in total. The number of carbonyl (C=O) groups excluding carboxylic acids is 2. The lowest BCUT2D eigenvalue weighted by atomic mass is 10.1. The van der Waals surface area contributed by atoms with Gasteiger partial charge >= 0.3 is 0 Å². The van der Waals surface area contributed by atoms with Gasteiger partial charge in [-0.05, 0) is 92.1 Å². The molecule has 0 radical (unpaired) electrons. The van der Waals surface area contributed by atoms with Crippen molar-refractivity contribution in [2.75, 3.05) is 4.90 Å². The number of benzene rings is 2. The summed E-state index contributed by atoms with van der Waals surface area (Å²) >= 11 is 7.00. The summed E-state index contributed by atoms with van der Waals surface area (Å²) in [6.07, 6.45) is 5.27. The Hall–Kier alpha value is -2.76. The molecule has 0 spiro atoms. The van der Waals surface area contributed by atoms with E-state index in [4.69, 9.17) is 11.6 Å². The van der Waals surface area contributed by atoms with Crippen molar-refractivity contribution in [2.24, 2.45) is 0 Å². The van der Waals surface area contributed by atoms with Crippen molar-refractivity contribution >= 4 is 46.3 Å². The SMILES string of the molecule is CCCCc1ccc(-n2c(C)cc(/C=C3/SC(=O)N(c4cccc(Cl)c4)C3=O)c2C)cc1. The number of aromatic nitrogens is 1. The third-order valence-corrected chi connectivity index (χ3v) is 6.74. The minimum absolute atomic E-state index is 0.319. The van der Waals surface area contributed by atoms with Crippen LogP contribution in [-0.2, 0) is 11.2 Å². The largest absolute Gasteiger partial charge is 0.318 e. The summed E-state index contributed by atoms with van der Waals surface area (Å²) in [6, 6.07) is 17.5. The lowest BCUT2D eigenvalue weighted by Crippen LogP contribution is -2.27. The topological polar surface area (TPSA) is 42.3 Å². The van der Waals surface area contributed by atoms with Crippen molar-refractivity contribution in [3.05, 3.63) is 87.0 Å². The van der Waals surface area contributed by atoms with Crippen LogP contribution in [0, 0.1) is 13.8 Å². The molecule has 1 aliphatic rings. The van der Waals surface area contributed by atoms with Gasteiger partial charge in [-0.3, -0.25) is 9.59 Å². The van der Waals surface area contributed by atoms with Gasteiger partial charge in [-0.25, -0.2) is 4.90 Å². The van der Waals surface area contributed by atoms with Crippen molar-refractivity contribution in [2.45, 2.75) is 40.0 Å². The van der Waals surface area contributed by atoms with Crippen LogP contribution in [0.15, 0.2) is 59.5 Å². The van der Waals surface area contributed by atoms with Crippen LogP contribution in [0.2, 0.25) is 5.02 Å². The van der Waals surface area contributed by atoms with Crippen LogP contribution in [0.25, 0.3) is 11.8 Å². The second-order valence-corrected chi connectivity index (χ2v) is 9.36. The van der Waals surface area contributed by atoms with Gasteiger partial charge in [0.1, 0.15) is 0 Å². The number of amides is 2. The van der Waals surface area contributed by atoms with Crippen LogP contribution in [-0.4, -0.2) is 15.7 Å². The number of unbranched alkanes of at least 4 members (excludes halogenated alkanes) is 1. The van der Waals surface area contributed by atoms with Crippen LogP contribution in [0.4, 0.5) is 10.5 Å². The quantitative estimate of drug-likeness (QED) is 0.358. The number of halogens is 1. The third-order valence-electron chi connectivity index (χ3n) is 5.63. The van der Waals surface area contributed by atoms with Gasteiger partial charge in [0, 0.05) is 22.1 Å². The van der Waals surface area contributed by atoms with Crippen molar-refractivity contribution < 1.29 is 9.59 Å². The van der Waals surface area contributed by atoms with Gasteiger partial charge < -0.3 is 4.57 Å². The summed E-state index contributed by atoms with van der Waals surface area (Å²) in [6.45, 7) is 6.28. The van der Waals surface area contributed by atoms with Gasteiger partial charge in [0.2, 0.25) is 0 Å². The lowest BCUT2D eigenvalue weighted by Gasteiger charge is -2.12. The van der Waals surface area contributed by atoms with E-state index in [-0.39, 0.29) is 11.1 Å². The Morgan fingerprint density at radius 3 is 2.44 bits per heavy atom. The number of imide groups is 1. The maximum Gasteiger partial charge on any atom is 0.298 e. The van der Waals surface area contributed by atoms with Crippen molar-refractivity contribution in [1.29, 1.82) is 0 Å². The maximum atomic E-state index is 13.0. The van der Waals surface area contributed by atoms with Gasteiger partial charge in [-0.1, -0.05) is 43.1 Å². The monoisotopic (exact) mass is 464 g/mol. The summed E-state index contributed by atoms with van der Waals surface area (Å²) in [4.78, 5) is 27.1. The van der Waals surface area contributed by atoms with Gasteiger partial charge in [-0.15, -0.1) is 0 Å². The smallest absolute Gasteiger partial charge is 0.298 e. The fourth-order valence-corrected chi connectivity index (χ4v) is 4.99. The van der Waals surface area contributed by atoms with Crippen molar-refractivity contribution in [3.63, 3.8) is 0 Å². The zero-order chi connectivity index (χ0) is 22.8. The zero-order valence-electron chi connectivity index (χ0n) is 18.4. The molecule has 4 rings (SSSR count). The van der Waals surface area contributed by atoms with Crippen LogP contribution < -0.4 is 4.90 Å². The van der Waals surface area contributed by atoms with E-state index in [1.54, 1.807) is 24.3 Å². The average molecular weight is 465 g/mol. The lowest BCUT2D eigenvalue weighted by molar-refractivity contribution is -0.113. The number of rotatable bonds is 6. The molecule has 1 fully saturated rings.